The first-order valence-electron chi connectivity index (χ1n) is 6.36. The van der Waals surface area contributed by atoms with Gasteiger partial charge in [-0.2, -0.15) is 0 Å². The highest BCUT2D eigenvalue weighted by Gasteiger charge is 2.23. The van der Waals surface area contributed by atoms with Crippen molar-refractivity contribution in [2.24, 2.45) is 0 Å². The van der Waals surface area contributed by atoms with E-state index in [0.29, 0.717) is 6.04 Å². The Balaban J connectivity index is 1.89. The minimum atomic E-state index is 0.258. The summed E-state index contributed by atoms with van der Waals surface area (Å²) >= 11 is 2.23. The Morgan fingerprint density at radius 3 is 2.89 bits per heavy atom. The van der Waals surface area contributed by atoms with Gasteiger partial charge in [0.05, 0.1) is 6.61 Å². The lowest BCUT2D eigenvalue weighted by molar-refractivity contribution is 0.0663. The fourth-order valence-electron chi connectivity index (χ4n) is 2.38. The monoisotopic (exact) mass is 361 g/mol. The molecule has 5 heteroatoms. The number of hydrogen-bond acceptors (Lipinski definition) is 4. The Hall–Kier alpha value is -0.240. The second-order valence-electron chi connectivity index (χ2n) is 4.83. The molecule has 0 aromatic carbocycles. The number of aromatic nitrogens is 1. The fraction of sp³-hybridized carbons (Fsp3) is 0.615. The predicted molar refractivity (Wildman–Crippen MR) is 80.4 cm³/mol. The quantitative estimate of drug-likeness (QED) is 0.646. The molecule has 0 aliphatic carbocycles. The number of nitrogens with zero attached hydrogens (tertiary/aromatic N) is 3. The van der Waals surface area contributed by atoms with E-state index in [1.165, 1.54) is 5.56 Å². The summed E-state index contributed by atoms with van der Waals surface area (Å²) in [4.78, 5) is 9.14. The normalized spacial score (nSPS) is 22.3. The molecule has 1 atom stereocenters. The zero-order chi connectivity index (χ0) is 13.0. The van der Waals surface area contributed by atoms with Crippen LogP contribution in [0, 0.1) is 3.70 Å². The number of halogens is 1. The third-order valence-electron chi connectivity index (χ3n) is 3.44. The molecule has 1 N–H and O–H groups in total. The summed E-state index contributed by atoms with van der Waals surface area (Å²) in [5, 5.41) is 8.97. The Bertz CT molecular complexity index is 371. The van der Waals surface area contributed by atoms with Gasteiger partial charge >= 0.3 is 0 Å². The van der Waals surface area contributed by atoms with Gasteiger partial charge in [-0.1, -0.05) is 6.07 Å². The second kappa shape index (κ2) is 6.79. The highest BCUT2D eigenvalue weighted by Crippen LogP contribution is 2.13. The van der Waals surface area contributed by atoms with Crippen molar-refractivity contribution in [2.45, 2.75) is 19.5 Å². The lowest BCUT2D eigenvalue weighted by atomic mass is 10.1. The average molecular weight is 361 g/mol. The molecule has 1 saturated heterocycles. The van der Waals surface area contributed by atoms with E-state index >= 15 is 0 Å². The van der Waals surface area contributed by atoms with Gasteiger partial charge in [0.25, 0.3) is 0 Å². The van der Waals surface area contributed by atoms with Gasteiger partial charge in [0.15, 0.2) is 0 Å². The molecule has 18 heavy (non-hydrogen) atoms. The van der Waals surface area contributed by atoms with Gasteiger partial charge in [0.1, 0.15) is 3.70 Å². The molecule has 1 aromatic rings. The molecule has 0 bridgehead atoms. The summed E-state index contributed by atoms with van der Waals surface area (Å²) in [6.45, 7) is 7.42. The molecule has 1 aromatic heterocycles. The number of piperazine rings is 1. The molecule has 1 fully saturated rings. The van der Waals surface area contributed by atoms with Gasteiger partial charge in [-0.05, 0) is 41.1 Å². The molecule has 2 heterocycles. The van der Waals surface area contributed by atoms with Crippen molar-refractivity contribution in [3.63, 3.8) is 0 Å². The molecule has 100 valence electrons. The molecule has 1 aliphatic heterocycles. The lowest BCUT2D eigenvalue weighted by Crippen LogP contribution is -2.51. The van der Waals surface area contributed by atoms with Gasteiger partial charge in [0, 0.05) is 45.0 Å². The standard InChI is InChI=1S/C13H20IN3O/c1-11-9-16(6-7-18)4-5-17(11)10-12-2-3-13(14)15-8-12/h2-3,8,11,18H,4-7,9-10H2,1H3/t11-/m1/s1. The first-order chi connectivity index (χ1) is 8.69. The third-order valence-corrected chi connectivity index (χ3v) is 4.08. The predicted octanol–water partition coefficient (Wildman–Crippen LogP) is 1.18. The molecule has 0 spiro atoms. The minimum absolute atomic E-state index is 0.258. The van der Waals surface area contributed by atoms with Crippen molar-refractivity contribution in [3.8, 4) is 0 Å². The van der Waals surface area contributed by atoms with Crippen LogP contribution in [0.25, 0.3) is 0 Å². The fourth-order valence-corrected chi connectivity index (χ4v) is 2.70. The molecule has 4 nitrogen and oxygen atoms in total. The van der Waals surface area contributed by atoms with E-state index in [2.05, 4.69) is 56.4 Å². The van der Waals surface area contributed by atoms with Crippen molar-refractivity contribution >= 4 is 22.6 Å². The first-order valence-corrected chi connectivity index (χ1v) is 7.44. The maximum atomic E-state index is 8.97. The molecule has 0 radical (unpaired) electrons. The van der Waals surface area contributed by atoms with E-state index in [1.807, 2.05) is 6.20 Å². The molecule has 2 rings (SSSR count). The van der Waals surface area contributed by atoms with Crippen LogP contribution < -0.4 is 0 Å². The van der Waals surface area contributed by atoms with Crippen LogP contribution in [0.4, 0.5) is 0 Å². The molecule has 0 unspecified atom stereocenters. The van der Waals surface area contributed by atoms with E-state index in [0.717, 1.165) is 36.4 Å². The number of aliphatic hydroxyl groups excluding tert-OH is 1. The van der Waals surface area contributed by atoms with Crippen molar-refractivity contribution in [1.82, 2.24) is 14.8 Å². The number of aliphatic hydroxyl groups is 1. The maximum absolute atomic E-state index is 8.97. The zero-order valence-electron chi connectivity index (χ0n) is 10.7. The van der Waals surface area contributed by atoms with Crippen LogP contribution in [-0.4, -0.2) is 58.7 Å². The van der Waals surface area contributed by atoms with E-state index < -0.39 is 0 Å². The first kappa shape index (κ1) is 14.2. The van der Waals surface area contributed by atoms with E-state index in [9.17, 15) is 0 Å². The summed E-state index contributed by atoms with van der Waals surface area (Å²) in [5.41, 5.74) is 1.28. The van der Waals surface area contributed by atoms with Gasteiger partial charge in [-0.25, -0.2) is 0 Å². The second-order valence-corrected chi connectivity index (χ2v) is 5.94. The van der Waals surface area contributed by atoms with E-state index in [1.54, 1.807) is 0 Å². The summed E-state index contributed by atoms with van der Waals surface area (Å²) in [6.07, 6.45) is 1.97. The molecule has 0 saturated carbocycles. The zero-order valence-corrected chi connectivity index (χ0v) is 12.9. The summed E-state index contributed by atoms with van der Waals surface area (Å²) in [6, 6.07) is 4.74. The Morgan fingerprint density at radius 2 is 2.28 bits per heavy atom. The Kier molecular flexibility index (Phi) is 5.35. The number of β-amino-alcohol motifs (C(OH)–C–C–N with tert-alkyl or cyclic N) is 1. The van der Waals surface area contributed by atoms with Gasteiger partial charge < -0.3 is 5.11 Å². The molecule has 0 amide bonds. The van der Waals surface area contributed by atoms with Crippen LogP contribution in [0.3, 0.4) is 0 Å². The van der Waals surface area contributed by atoms with E-state index in [4.69, 9.17) is 5.11 Å². The average Bonchev–Trinajstić information content (AvgIpc) is 2.36. The highest BCUT2D eigenvalue weighted by molar-refractivity contribution is 14.1. The van der Waals surface area contributed by atoms with Gasteiger partial charge in [-0.15, -0.1) is 0 Å². The van der Waals surface area contributed by atoms with Crippen LogP contribution in [0.5, 0.6) is 0 Å². The third kappa shape index (κ3) is 3.88. The Labute approximate surface area is 122 Å². The largest absolute Gasteiger partial charge is 0.395 e. The van der Waals surface area contributed by atoms with Crippen LogP contribution in [-0.2, 0) is 6.54 Å². The smallest absolute Gasteiger partial charge is 0.101 e. The molecular formula is C13H20IN3O. The molecular weight excluding hydrogens is 341 g/mol. The summed E-state index contributed by atoms with van der Waals surface area (Å²) in [5.74, 6) is 0. The topological polar surface area (TPSA) is 39.6 Å². The summed E-state index contributed by atoms with van der Waals surface area (Å²) < 4.78 is 1.04. The maximum Gasteiger partial charge on any atom is 0.101 e. The SMILES string of the molecule is C[C@@H]1CN(CCO)CCN1Cc1ccc(I)nc1. The van der Waals surface area contributed by atoms with Crippen LogP contribution in [0.15, 0.2) is 18.3 Å². The van der Waals surface area contributed by atoms with Crippen LogP contribution in [0.1, 0.15) is 12.5 Å². The van der Waals surface area contributed by atoms with Crippen molar-refractivity contribution < 1.29 is 5.11 Å². The van der Waals surface area contributed by atoms with Crippen LogP contribution >= 0.6 is 22.6 Å². The van der Waals surface area contributed by atoms with Crippen LogP contribution in [0.2, 0.25) is 0 Å². The minimum Gasteiger partial charge on any atom is -0.395 e. The van der Waals surface area contributed by atoms with Gasteiger partial charge in [0.2, 0.25) is 0 Å². The van der Waals surface area contributed by atoms with Crippen molar-refractivity contribution in [1.29, 1.82) is 0 Å². The number of rotatable bonds is 4. The molecule has 1 aliphatic rings. The number of hydrogen-bond donors (Lipinski definition) is 1. The van der Waals surface area contributed by atoms with Crippen molar-refractivity contribution in [2.75, 3.05) is 32.8 Å². The lowest BCUT2D eigenvalue weighted by Gasteiger charge is -2.39. The summed E-state index contributed by atoms with van der Waals surface area (Å²) in [7, 11) is 0. The number of pyridine rings is 1. The van der Waals surface area contributed by atoms with Gasteiger partial charge in [-0.3, -0.25) is 14.8 Å². The van der Waals surface area contributed by atoms with E-state index in [-0.39, 0.29) is 6.61 Å². The Morgan fingerprint density at radius 1 is 1.44 bits per heavy atom. The highest BCUT2D eigenvalue weighted by atomic mass is 127. The van der Waals surface area contributed by atoms with Crippen molar-refractivity contribution in [3.05, 3.63) is 27.6 Å².